The second-order valence-electron chi connectivity index (χ2n) is 7.36. The highest BCUT2D eigenvalue weighted by Gasteiger charge is 2.31. The van der Waals surface area contributed by atoms with E-state index >= 15 is 0 Å². The van der Waals surface area contributed by atoms with Gasteiger partial charge in [-0.1, -0.05) is 18.2 Å². The number of benzene rings is 1. The summed E-state index contributed by atoms with van der Waals surface area (Å²) in [4.78, 5) is 25.1. The molecule has 0 unspecified atom stereocenters. The summed E-state index contributed by atoms with van der Waals surface area (Å²) in [5, 5.41) is 1.15. The molecule has 0 N–H and O–H groups in total. The topological polar surface area (TPSA) is 58.6 Å². The first-order valence-corrected chi connectivity index (χ1v) is 9.75. The number of hydrogen-bond acceptors (Lipinski definition) is 6. The molecule has 1 aromatic carbocycles. The van der Waals surface area contributed by atoms with Crippen molar-refractivity contribution in [1.29, 1.82) is 0 Å². The van der Waals surface area contributed by atoms with Gasteiger partial charge in [-0.05, 0) is 30.3 Å². The van der Waals surface area contributed by atoms with Gasteiger partial charge in [0.2, 0.25) is 5.88 Å². The average molecular weight is 374 g/mol. The smallest absolute Gasteiger partial charge is 0.237 e. The Balaban J connectivity index is 1.25. The number of piperidine rings is 1. The molecular weight excluding hydrogens is 352 g/mol. The van der Waals surface area contributed by atoms with Crippen LogP contribution in [0.4, 0.5) is 11.5 Å². The van der Waals surface area contributed by atoms with Crippen LogP contribution in [0, 0.1) is 0 Å². The lowest BCUT2D eigenvalue weighted by Gasteiger charge is -2.40. The molecule has 2 aliphatic rings. The van der Waals surface area contributed by atoms with Crippen LogP contribution in [0.25, 0.3) is 10.9 Å². The second kappa shape index (κ2) is 7.11. The number of anilines is 2. The number of hydrogen-bond donors (Lipinski definition) is 0. The molecule has 0 bridgehead atoms. The van der Waals surface area contributed by atoms with Crippen LogP contribution in [0.5, 0.6) is 5.88 Å². The van der Waals surface area contributed by atoms with Crippen LogP contribution >= 0.6 is 0 Å². The minimum Gasteiger partial charge on any atom is -0.469 e. The van der Waals surface area contributed by atoms with Gasteiger partial charge in [0.05, 0.1) is 24.3 Å². The highest BCUT2D eigenvalue weighted by Crippen LogP contribution is 2.31. The van der Waals surface area contributed by atoms with Gasteiger partial charge in [0.15, 0.2) is 0 Å². The molecule has 28 heavy (non-hydrogen) atoms. The van der Waals surface area contributed by atoms with E-state index in [1.165, 1.54) is 0 Å². The maximum absolute atomic E-state index is 11.5. The van der Waals surface area contributed by atoms with Crippen molar-refractivity contribution in [2.75, 3.05) is 36.0 Å². The van der Waals surface area contributed by atoms with Gasteiger partial charge in [-0.15, -0.1) is 0 Å². The maximum atomic E-state index is 11.5. The van der Waals surface area contributed by atoms with E-state index in [2.05, 4.69) is 33.0 Å². The molecule has 0 saturated carbocycles. The normalized spacial score (nSPS) is 17.6. The van der Waals surface area contributed by atoms with E-state index in [0.717, 1.165) is 48.6 Å². The first-order valence-electron chi connectivity index (χ1n) is 9.75. The zero-order chi connectivity index (χ0) is 18.9. The predicted octanol–water partition coefficient (Wildman–Crippen LogP) is 3.07. The molecule has 2 saturated heterocycles. The molecule has 5 rings (SSSR count). The second-order valence-corrected chi connectivity index (χ2v) is 7.36. The van der Waals surface area contributed by atoms with E-state index in [1.54, 1.807) is 6.20 Å². The Hall–Kier alpha value is -3.15. The summed E-state index contributed by atoms with van der Waals surface area (Å²) in [5.41, 5.74) is 1.99. The summed E-state index contributed by atoms with van der Waals surface area (Å²) in [6, 6.07) is 16.3. The van der Waals surface area contributed by atoms with Crippen molar-refractivity contribution in [2.24, 2.45) is 0 Å². The average Bonchev–Trinajstić information content (AvgIpc) is 2.71. The molecule has 6 nitrogen and oxygen atoms in total. The molecule has 0 aliphatic carbocycles. The predicted molar refractivity (Wildman–Crippen MR) is 109 cm³/mol. The minimum absolute atomic E-state index is 0.0911. The van der Waals surface area contributed by atoms with Crippen molar-refractivity contribution in [2.45, 2.75) is 18.9 Å². The monoisotopic (exact) mass is 374 g/mol. The minimum atomic E-state index is 0.0911. The van der Waals surface area contributed by atoms with Crippen molar-refractivity contribution >= 4 is 28.2 Å². The number of aromatic nitrogens is 2. The van der Waals surface area contributed by atoms with Crippen molar-refractivity contribution in [3.63, 3.8) is 0 Å². The lowest BCUT2D eigenvalue weighted by Crippen LogP contribution is -2.54. The Morgan fingerprint density at radius 1 is 0.929 bits per heavy atom. The summed E-state index contributed by atoms with van der Waals surface area (Å²) >= 11 is 0. The zero-order valence-electron chi connectivity index (χ0n) is 15.6. The first kappa shape index (κ1) is 17.0. The molecule has 3 aromatic rings. The van der Waals surface area contributed by atoms with E-state index in [0.29, 0.717) is 24.5 Å². The molecular formula is C22H22N4O2. The van der Waals surface area contributed by atoms with Crippen LogP contribution in [-0.2, 0) is 4.79 Å². The summed E-state index contributed by atoms with van der Waals surface area (Å²) in [7, 11) is 0. The number of carbonyl (C=O) groups is 1. The van der Waals surface area contributed by atoms with Gasteiger partial charge >= 0.3 is 0 Å². The fraction of sp³-hybridized carbons (Fsp3) is 0.318. The lowest BCUT2D eigenvalue weighted by atomic mass is 10.1. The molecule has 0 amide bonds. The largest absolute Gasteiger partial charge is 0.469 e. The van der Waals surface area contributed by atoms with E-state index in [1.807, 2.05) is 30.3 Å². The first-order chi connectivity index (χ1) is 13.8. The third-order valence-corrected chi connectivity index (χ3v) is 5.45. The Bertz CT molecular complexity index is 1010. The van der Waals surface area contributed by atoms with Gasteiger partial charge in [-0.3, -0.25) is 4.79 Å². The van der Waals surface area contributed by atoms with Gasteiger partial charge < -0.3 is 14.5 Å². The van der Waals surface area contributed by atoms with Gasteiger partial charge in [0, 0.05) is 37.5 Å². The van der Waals surface area contributed by atoms with Crippen LogP contribution in [0.3, 0.4) is 0 Å². The number of para-hydroxylation sites is 1. The molecule has 142 valence electrons. The fourth-order valence-electron chi connectivity index (χ4n) is 3.80. The van der Waals surface area contributed by atoms with Crippen molar-refractivity contribution < 1.29 is 9.53 Å². The summed E-state index contributed by atoms with van der Waals surface area (Å²) in [6.45, 7) is 3.05. The number of ether oxygens (including phenoxy) is 1. The molecule has 0 spiro atoms. The molecule has 0 atom stereocenters. The zero-order valence-corrected chi connectivity index (χ0v) is 15.6. The highest BCUT2D eigenvalue weighted by atomic mass is 16.5. The molecule has 6 heteroatoms. The number of nitrogens with zero attached hydrogens (tertiary/aromatic N) is 4. The van der Waals surface area contributed by atoms with Crippen molar-refractivity contribution in [3.05, 3.63) is 54.7 Å². The van der Waals surface area contributed by atoms with Gasteiger partial charge in [0.25, 0.3) is 0 Å². The number of fused-ring (bicyclic) bond motifs is 1. The Morgan fingerprint density at radius 3 is 2.61 bits per heavy atom. The summed E-state index contributed by atoms with van der Waals surface area (Å²) in [5.74, 6) is 1.97. The molecule has 2 aromatic heterocycles. The quantitative estimate of drug-likeness (QED) is 0.700. The summed E-state index contributed by atoms with van der Waals surface area (Å²) in [6.07, 6.45) is 3.04. The number of carbonyl (C=O) groups excluding carboxylic acids is 1. The van der Waals surface area contributed by atoms with Crippen LogP contribution < -0.4 is 14.5 Å². The Morgan fingerprint density at radius 2 is 1.75 bits per heavy atom. The van der Waals surface area contributed by atoms with Crippen LogP contribution in [0.2, 0.25) is 0 Å². The molecule has 4 heterocycles. The van der Waals surface area contributed by atoms with Crippen LogP contribution in [0.1, 0.15) is 12.8 Å². The van der Waals surface area contributed by atoms with Gasteiger partial charge in [-0.25, -0.2) is 9.97 Å². The Kier molecular flexibility index (Phi) is 4.31. The number of ketones is 1. The van der Waals surface area contributed by atoms with Crippen molar-refractivity contribution in [3.8, 4) is 5.88 Å². The summed E-state index contributed by atoms with van der Waals surface area (Å²) < 4.78 is 6.19. The third-order valence-electron chi connectivity index (χ3n) is 5.45. The van der Waals surface area contributed by atoms with Crippen molar-refractivity contribution in [1.82, 2.24) is 9.97 Å². The SMILES string of the molecule is O=C1CCN(c2cccnc2OC2CN(c3ccc4ccccc4n3)C2)CC1. The van der Waals surface area contributed by atoms with E-state index in [4.69, 9.17) is 9.72 Å². The number of pyridine rings is 2. The standard InChI is InChI=1S/C22H22N4O2/c27-17-9-12-25(13-10-17)20-6-3-11-23-22(20)28-18-14-26(15-18)21-8-7-16-4-1-2-5-19(16)24-21/h1-8,11,18H,9-10,12-15H2. The van der Waals surface area contributed by atoms with Crippen LogP contribution in [-0.4, -0.2) is 48.0 Å². The molecule has 0 radical (unpaired) electrons. The number of rotatable bonds is 4. The molecule has 2 aliphatic heterocycles. The maximum Gasteiger partial charge on any atom is 0.237 e. The number of Topliss-reactive ketones (excluding diaryl/α,β-unsaturated/α-hetero) is 1. The highest BCUT2D eigenvalue weighted by molar-refractivity contribution is 5.81. The Labute approximate surface area is 163 Å². The van der Waals surface area contributed by atoms with E-state index < -0.39 is 0 Å². The van der Waals surface area contributed by atoms with Crippen LogP contribution in [0.15, 0.2) is 54.7 Å². The fourth-order valence-corrected chi connectivity index (χ4v) is 3.80. The lowest BCUT2D eigenvalue weighted by molar-refractivity contribution is -0.119. The van der Waals surface area contributed by atoms with Gasteiger partial charge in [0.1, 0.15) is 17.7 Å². The van der Waals surface area contributed by atoms with Gasteiger partial charge in [-0.2, -0.15) is 0 Å². The third kappa shape index (κ3) is 3.26. The van der Waals surface area contributed by atoms with E-state index in [-0.39, 0.29) is 6.10 Å². The molecule has 2 fully saturated rings. The van der Waals surface area contributed by atoms with E-state index in [9.17, 15) is 4.79 Å².